The van der Waals surface area contributed by atoms with Crippen LogP contribution in [0.15, 0.2) is 47.4 Å². The van der Waals surface area contributed by atoms with Crippen molar-refractivity contribution in [1.82, 2.24) is 0 Å². The third kappa shape index (κ3) is 2.85. The maximum absolute atomic E-state index is 12.5. The average Bonchev–Trinajstić information content (AvgIpc) is 2.38. The van der Waals surface area contributed by atoms with Crippen LogP contribution in [0.3, 0.4) is 0 Å². The molecule has 106 valence electrons. The van der Waals surface area contributed by atoms with E-state index in [4.69, 9.17) is 28.9 Å². The third-order valence-electron chi connectivity index (χ3n) is 2.78. The summed E-state index contributed by atoms with van der Waals surface area (Å²) in [5, 5.41) is 0.795. The predicted octanol–water partition coefficient (Wildman–Crippen LogP) is 3.40. The van der Waals surface area contributed by atoms with Gasteiger partial charge in [-0.1, -0.05) is 29.3 Å². The minimum Gasteiger partial charge on any atom is -0.397 e. The highest BCUT2D eigenvalue weighted by atomic mass is 35.5. The van der Waals surface area contributed by atoms with E-state index in [1.807, 2.05) is 0 Å². The number of nitrogens with two attached hydrogens (primary N) is 1. The predicted molar refractivity (Wildman–Crippen MR) is 82.9 cm³/mol. The minimum absolute atomic E-state index is 0.0989. The number of nitrogen functional groups attached to an aromatic ring is 1. The Morgan fingerprint density at radius 2 is 1.70 bits per heavy atom. The Morgan fingerprint density at radius 3 is 2.30 bits per heavy atom. The summed E-state index contributed by atoms with van der Waals surface area (Å²) in [6, 6.07) is 10.7. The fourth-order valence-electron chi connectivity index (χ4n) is 1.73. The number of rotatable bonds is 3. The van der Waals surface area contributed by atoms with Gasteiger partial charge < -0.3 is 5.73 Å². The van der Waals surface area contributed by atoms with E-state index in [-0.39, 0.29) is 10.6 Å². The molecule has 0 aliphatic rings. The maximum atomic E-state index is 12.5. The molecule has 0 radical (unpaired) electrons. The van der Waals surface area contributed by atoms with Gasteiger partial charge in [-0.25, -0.2) is 8.42 Å². The van der Waals surface area contributed by atoms with Crippen molar-refractivity contribution in [3.8, 4) is 0 Å². The Hall–Kier alpha value is -1.43. The normalized spacial score (nSPS) is 11.3. The topological polar surface area (TPSA) is 63.4 Å². The molecule has 2 rings (SSSR count). The molecule has 0 saturated heterocycles. The molecule has 0 unspecified atom stereocenters. The SMILES string of the molecule is CN(c1ccc(Cl)cc1N)S(=O)(=O)c1cccc(Cl)c1. The summed E-state index contributed by atoms with van der Waals surface area (Å²) in [6.45, 7) is 0. The van der Waals surface area contributed by atoms with Gasteiger partial charge in [0.25, 0.3) is 10.0 Å². The van der Waals surface area contributed by atoms with E-state index in [1.54, 1.807) is 24.3 Å². The number of nitrogens with zero attached hydrogens (tertiary/aromatic N) is 1. The van der Waals surface area contributed by atoms with Gasteiger partial charge in [0.05, 0.1) is 16.3 Å². The first kappa shape index (κ1) is 15.0. The van der Waals surface area contributed by atoms with Gasteiger partial charge in [0.2, 0.25) is 0 Å². The lowest BCUT2D eigenvalue weighted by Crippen LogP contribution is -2.27. The first-order valence-corrected chi connectivity index (χ1v) is 7.81. The summed E-state index contributed by atoms with van der Waals surface area (Å²) in [6.07, 6.45) is 0. The van der Waals surface area contributed by atoms with Gasteiger partial charge >= 0.3 is 0 Å². The van der Waals surface area contributed by atoms with Gasteiger partial charge in [0, 0.05) is 17.1 Å². The van der Waals surface area contributed by atoms with E-state index < -0.39 is 10.0 Å². The zero-order chi connectivity index (χ0) is 14.9. The molecule has 0 atom stereocenters. The molecule has 0 saturated carbocycles. The summed E-state index contributed by atoms with van der Waals surface area (Å²) in [7, 11) is -2.30. The second-order valence-electron chi connectivity index (χ2n) is 4.13. The van der Waals surface area contributed by atoms with E-state index >= 15 is 0 Å². The summed E-state index contributed by atoms with van der Waals surface area (Å²) in [5.74, 6) is 0. The van der Waals surface area contributed by atoms with Gasteiger partial charge in [0.1, 0.15) is 0 Å². The van der Waals surface area contributed by atoms with Crippen LogP contribution in [-0.2, 0) is 10.0 Å². The number of anilines is 2. The fraction of sp³-hybridized carbons (Fsp3) is 0.0769. The third-order valence-corrected chi connectivity index (χ3v) is 5.02. The molecular weight excluding hydrogens is 319 g/mol. The quantitative estimate of drug-likeness (QED) is 0.877. The summed E-state index contributed by atoms with van der Waals surface area (Å²) in [4.78, 5) is 0.0989. The van der Waals surface area contributed by atoms with Crippen LogP contribution in [0, 0.1) is 0 Å². The van der Waals surface area contributed by atoms with Crippen molar-refractivity contribution >= 4 is 44.6 Å². The van der Waals surface area contributed by atoms with Crippen LogP contribution in [0.4, 0.5) is 11.4 Å². The molecule has 0 aliphatic carbocycles. The highest BCUT2D eigenvalue weighted by Crippen LogP contribution is 2.30. The van der Waals surface area contributed by atoms with Crippen LogP contribution in [0.5, 0.6) is 0 Å². The highest BCUT2D eigenvalue weighted by Gasteiger charge is 2.23. The molecule has 0 heterocycles. The Labute approximate surface area is 127 Å². The summed E-state index contributed by atoms with van der Waals surface area (Å²) >= 11 is 11.6. The smallest absolute Gasteiger partial charge is 0.264 e. The van der Waals surface area contributed by atoms with Crippen LogP contribution in [-0.4, -0.2) is 15.5 Å². The zero-order valence-corrected chi connectivity index (χ0v) is 12.9. The van der Waals surface area contributed by atoms with Crippen molar-refractivity contribution in [2.45, 2.75) is 4.90 Å². The Kier molecular flexibility index (Phi) is 4.13. The minimum atomic E-state index is -3.72. The first-order chi connectivity index (χ1) is 9.32. The van der Waals surface area contributed by atoms with Gasteiger partial charge in [-0.3, -0.25) is 4.31 Å². The molecule has 0 fully saturated rings. The van der Waals surface area contributed by atoms with Crippen LogP contribution in [0.25, 0.3) is 0 Å². The van der Waals surface area contributed by atoms with E-state index in [0.717, 1.165) is 4.31 Å². The second-order valence-corrected chi connectivity index (χ2v) is 6.98. The molecule has 0 amide bonds. The van der Waals surface area contributed by atoms with Crippen molar-refractivity contribution < 1.29 is 8.42 Å². The van der Waals surface area contributed by atoms with E-state index in [1.165, 1.54) is 25.2 Å². The molecule has 7 heteroatoms. The summed E-state index contributed by atoms with van der Waals surface area (Å²) in [5.41, 5.74) is 6.45. The maximum Gasteiger partial charge on any atom is 0.264 e. The molecule has 20 heavy (non-hydrogen) atoms. The number of benzene rings is 2. The van der Waals surface area contributed by atoms with Gasteiger partial charge in [-0.15, -0.1) is 0 Å². The largest absolute Gasteiger partial charge is 0.397 e. The molecule has 2 aromatic rings. The molecule has 2 N–H and O–H groups in total. The molecule has 0 bridgehead atoms. The Balaban J connectivity index is 2.49. The van der Waals surface area contributed by atoms with Crippen molar-refractivity contribution in [2.75, 3.05) is 17.1 Å². The fourth-order valence-corrected chi connectivity index (χ4v) is 3.43. The number of halogens is 2. The standard InChI is InChI=1S/C13H12Cl2N2O2S/c1-17(13-6-5-10(15)8-12(13)16)20(18,19)11-4-2-3-9(14)7-11/h2-8H,16H2,1H3. The van der Waals surface area contributed by atoms with Crippen LogP contribution in [0.1, 0.15) is 0 Å². The molecular formula is C13H12Cl2N2O2S. The lowest BCUT2D eigenvalue weighted by molar-refractivity contribution is 0.594. The average molecular weight is 331 g/mol. The molecule has 4 nitrogen and oxygen atoms in total. The molecule has 0 aromatic heterocycles. The lowest BCUT2D eigenvalue weighted by atomic mass is 10.3. The van der Waals surface area contributed by atoms with Gasteiger partial charge in [-0.2, -0.15) is 0 Å². The van der Waals surface area contributed by atoms with Crippen molar-refractivity contribution in [2.24, 2.45) is 0 Å². The van der Waals surface area contributed by atoms with Crippen molar-refractivity contribution in [3.63, 3.8) is 0 Å². The van der Waals surface area contributed by atoms with Crippen LogP contribution < -0.4 is 10.0 Å². The first-order valence-electron chi connectivity index (χ1n) is 5.62. The van der Waals surface area contributed by atoms with Crippen LogP contribution in [0.2, 0.25) is 10.0 Å². The van der Waals surface area contributed by atoms with E-state index in [2.05, 4.69) is 0 Å². The number of sulfonamides is 1. The van der Waals surface area contributed by atoms with Crippen molar-refractivity contribution in [1.29, 1.82) is 0 Å². The molecule has 0 spiro atoms. The highest BCUT2D eigenvalue weighted by molar-refractivity contribution is 7.92. The number of hydrogen-bond acceptors (Lipinski definition) is 3. The second kappa shape index (κ2) is 5.52. The van der Waals surface area contributed by atoms with Crippen molar-refractivity contribution in [3.05, 3.63) is 52.5 Å². The molecule has 2 aromatic carbocycles. The monoisotopic (exact) mass is 330 g/mol. The number of hydrogen-bond donors (Lipinski definition) is 1. The lowest BCUT2D eigenvalue weighted by Gasteiger charge is -2.21. The summed E-state index contributed by atoms with van der Waals surface area (Å²) < 4.78 is 26.1. The van der Waals surface area contributed by atoms with Gasteiger partial charge in [-0.05, 0) is 36.4 Å². The Morgan fingerprint density at radius 1 is 1.05 bits per heavy atom. The van der Waals surface area contributed by atoms with E-state index in [0.29, 0.717) is 15.7 Å². The zero-order valence-electron chi connectivity index (χ0n) is 10.5. The van der Waals surface area contributed by atoms with E-state index in [9.17, 15) is 8.42 Å². The molecule has 0 aliphatic heterocycles. The van der Waals surface area contributed by atoms with Gasteiger partial charge in [0.15, 0.2) is 0 Å². The Bertz CT molecular complexity index is 748. The van der Waals surface area contributed by atoms with Crippen LogP contribution >= 0.6 is 23.2 Å².